The fourth-order valence-electron chi connectivity index (χ4n) is 3.20. The first-order chi connectivity index (χ1) is 14.9. The Labute approximate surface area is 195 Å². The Kier molecular flexibility index (Phi) is 7.07. The number of hydrogen-bond donors (Lipinski definition) is 1. The highest BCUT2D eigenvalue weighted by atomic mass is 35.5. The third-order valence-electron chi connectivity index (χ3n) is 4.71. The van der Waals surface area contributed by atoms with Crippen molar-refractivity contribution in [2.75, 3.05) is 9.62 Å². The van der Waals surface area contributed by atoms with Gasteiger partial charge in [-0.15, -0.1) is 0 Å². The molecule has 32 heavy (non-hydrogen) atoms. The highest BCUT2D eigenvalue weighted by Crippen LogP contribution is 2.25. The molecule has 0 bridgehead atoms. The Hall–Kier alpha value is -2.68. The van der Waals surface area contributed by atoms with Crippen molar-refractivity contribution in [1.29, 1.82) is 0 Å². The number of aromatic nitrogens is 2. The van der Waals surface area contributed by atoms with Gasteiger partial charge in [0, 0.05) is 22.4 Å². The molecule has 0 aliphatic rings. The number of imidazole rings is 1. The first-order valence-electron chi connectivity index (χ1n) is 10.1. The predicted octanol–water partition coefficient (Wildman–Crippen LogP) is 4.85. The zero-order chi connectivity index (χ0) is 23.6. The molecule has 3 rings (SSSR count). The predicted molar refractivity (Wildman–Crippen MR) is 128 cm³/mol. The summed E-state index contributed by atoms with van der Waals surface area (Å²) in [5.41, 5.74) is 2.93. The maximum Gasteiger partial charge on any atom is 0.289 e. The van der Waals surface area contributed by atoms with E-state index in [0.717, 1.165) is 16.8 Å². The van der Waals surface area contributed by atoms with E-state index in [1.807, 2.05) is 25.1 Å². The van der Waals surface area contributed by atoms with Crippen LogP contribution in [0.3, 0.4) is 0 Å². The Morgan fingerprint density at radius 3 is 2.41 bits per heavy atom. The van der Waals surface area contributed by atoms with Gasteiger partial charge in [-0.25, -0.2) is 9.29 Å². The van der Waals surface area contributed by atoms with Crippen LogP contribution in [0.5, 0.6) is 0 Å². The van der Waals surface area contributed by atoms with Crippen LogP contribution in [0.2, 0.25) is 5.02 Å². The third-order valence-corrected chi connectivity index (χ3v) is 5.74. The molecule has 1 atom stereocenters. The van der Waals surface area contributed by atoms with E-state index in [0.29, 0.717) is 21.7 Å². The number of carbonyl (C=O) groups is 1. The fraction of sp³-hybridized carbons (Fsp3) is 0.304. The van der Waals surface area contributed by atoms with Crippen molar-refractivity contribution in [3.8, 4) is 0 Å². The Morgan fingerprint density at radius 1 is 1.19 bits per heavy atom. The molecule has 170 valence electrons. The van der Waals surface area contributed by atoms with Gasteiger partial charge in [0.05, 0.1) is 23.5 Å². The van der Waals surface area contributed by atoms with Crippen molar-refractivity contribution >= 4 is 40.1 Å². The smallest absolute Gasteiger partial charge is 0.289 e. The van der Waals surface area contributed by atoms with Crippen molar-refractivity contribution < 1.29 is 13.6 Å². The minimum absolute atomic E-state index is 0.0365. The summed E-state index contributed by atoms with van der Waals surface area (Å²) in [6, 6.07) is 12.4. The maximum atomic E-state index is 13.0. The molecule has 0 aliphatic carbocycles. The summed E-state index contributed by atoms with van der Waals surface area (Å²) >= 11 is 3.70. The monoisotopic (exact) mass is 473 g/mol. The van der Waals surface area contributed by atoms with Crippen molar-refractivity contribution in [2.45, 2.75) is 46.7 Å². The second-order valence-electron chi connectivity index (χ2n) is 8.63. The summed E-state index contributed by atoms with van der Waals surface area (Å²) in [5, 5.41) is 3.96. The number of hydrogen-bond acceptors (Lipinski definition) is 5. The van der Waals surface area contributed by atoms with E-state index in [2.05, 4.69) is 31.1 Å². The Morgan fingerprint density at radius 2 is 1.84 bits per heavy atom. The van der Waals surface area contributed by atoms with Crippen LogP contribution in [-0.2, 0) is 17.8 Å². The van der Waals surface area contributed by atoms with Gasteiger partial charge >= 0.3 is 0 Å². The number of carbonyl (C=O) groups excluding carboxylic acids is 1. The lowest BCUT2D eigenvalue weighted by molar-refractivity contribution is 0.100. The fourth-order valence-corrected chi connectivity index (χ4v) is 3.96. The molecule has 9 heteroatoms. The van der Waals surface area contributed by atoms with Gasteiger partial charge in [-0.05, 0) is 64.4 Å². The van der Waals surface area contributed by atoms with Crippen molar-refractivity contribution in [3.63, 3.8) is 0 Å². The molecule has 0 saturated carbocycles. The molecule has 0 spiro atoms. The molecule has 1 heterocycles. The number of anilines is 2. The Balaban J connectivity index is 1.84. The van der Waals surface area contributed by atoms with Crippen LogP contribution in [0.15, 0.2) is 48.7 Å². The lowest BCUT2D eigenvalue weighted by Gasteiger charge is -2.23. The van der Waals surface area contributed by atoms with E-state index in [4.69, 9.17) is 11.6 Å². The lowest BCUT2D eigenvalue weighted by Crippen LogP contribution is -2.32. The summed E-state index contributed by atoms with van der Waals surface area (Å²) in [4.78, 5) is 17.2. The zero-order valence-corrected chi connectivity index (χ0v) is 20.3. The molecule has 0 radical (unpaired) electrons. The number of rotatable bonds is 6. The molecule has 0 aliphatic heterocycles. The molecule has 1 aromatic heterocycles. The average Bonchev–Trinajstić information content (AvgIpc) is 3.04. The third kappa shape index (κ3) is 5.76. The van der Waals surface area contributed by atoms with Gasteiger partial charge in [-0.3, -0.25) is 9.00 Å². The largest absolute Gasteiger partial charge is 0.755 e. The number of nitrogens with one attached hydrogen (secondary N) is 1. The van der Waals surface area contributed by atoms with Crippen LogP contribution < -0.4 is 9.62 Å². The summed E-state index contributed by atoms with van der Waals surface area (Å²) in [5.74, 6) is -0.151. The number of halogens is 1. The molecule has 1 amide bonds. The number of benzene rings is 2. The lowest BCUT2D eigenvalue weighted by atomic mass is 10.1. The molecular weight excluding hydrogens is 448 g/mol. The van der Waals surface area contributed by atoms with Crippen molar-refractivity contribution in [3.05, 3.63) is 76.3 Å². The summed E-state index contributed by atoms with van der Waals surface area (Å²) in [6.07, 6.45) is 1.55. The SMILES string of the molecule is Cc1ccc(N(C(=O)c2cn(Cc3ccc(NC(C)(C)C)cc3Cl)c(C)n2)S(=O)[O-])cc1. The summed E-state index contributed by atoms with van der Waals surface area (Å²) in [6.45, 7) is 10.2. The molecular formula is C23H26ClN4O3S-. The highest BCUT2D eigenvalue weighted by molar-refractivity contribution is 7.81. The van der Waals surface area contributed by atoms with Crippen LogP contribution in [0.25, 0.3) is 0 Å². The molecule has 7 nitrogen and oxygen atoms in total. The van der Waals surface area contributed by atoms with E-state index in [9.17, 15) is 13.6 Å². The van der Waals surface area contributed by atoms with E-state index in [1.165, 1.54) is 0 Å². The standard InChI is InChI=1S/C23H27ClN4O3S/c1-15-6-10-19(11-7-15)28(32(30)31)22(29)21-14-27(16(2)25-21)13-17-8-9-18(12-20(17)24)26-23(3,4)5/h6-12,14,26H,13H2,1-5H3,(H,30,31)/p-1. The van der Waals surface area contributed by atoms with Gasteiger partial charge < -0.3 is 14.4 Å². The van der Waals surface area contributed by atoms with Crippen LogP contribution >= 0.6 is 11.6 Å². The first-order valence-corrected chi connectivity index (χ1v) is 11.5. The molecule has 2 aromatic carbocycles. The van der Waals surface area contributed by atoms with Crippen LogP contribution in [0.4, 0.5) is 11.4 Å². The second kappa shape index (κ2) is 9.44. The van der Waals surface area contributed by atoms with E-state index >= 15 is 0 Å². The molecule has 1 N–H and O–H groups in total. The summed E-state index contributed by atoms with van der Waals surface area (Å²) in [7, 11) is 0. The van der Waals surface area contributed by atoms with E-state index in [-0.39, 0.29) is 16.9 Å². The molecule has 0 fully saturated rings. The van der Waals surface area contributed by atoms with Crippen LogP contribution in [-0.4, -0.2) is 29.8 Å². The first kappa shape index (κ1) is 24.0. The highest BCUT2D eigenvalue weighted by Gasteiger charge is 2.22. The van der Waals surface area contributed by atoms with Crippen LogP contribution in [0.1, 0.15) is 48.2 Å². The topological polar surface area (TPSA) is 90.3 Å². The second-order valence-corrected chi connectivity index (χ2v) is 9.84. The minimum Gasteiger partial charge on any atom is -0.755 e. The van der Waals surface area contributed by atoms with Gasteiger partial charge in [-0.2, -0.15) is 0 Å². The zero-order valence-electron chi connectivity index (χ0n) is 18.7. The Bertz CT molecular complexity index is 1150. The normalized spacial score (nSPS) is 12.5. The minimum atomic E-state index is -2.79. The van der Waals surface area contributed by atoms with Gasteiger partial charge in [0.1, 0.15) is 11.5 Å². The van der Waals surface area contributed by atoms with Crippen LogP contribution in [0, 0.1) is 13.8 Å². The van der Waals surface area contributed by atoms with Crippen molar-refractivity contribution in [1.82, 2.24) is 9.55 Å². The van der Waals surface area contributed by atoms with Gasteiger partial charge in [0.25, 0.3) is 5.91 Å². The van der Waals surface area contributed by atoms with Gasteiger partial charge in [0.15, 0.2) is 0 Å². The summed E-state index contributed by atoms with van der Waals surface area (Å²) < 4.78 is 26.1. The van der Waals surface area contributed by atoms with E-state index in [1.54, 1.807) is 42.0 Å². The number of aryl methyl sites for hydroxylation is 2. The number of nitrogens with zero attached hydrogens (tertiary/aromatic N) is 3. The van der Waals surface area contributed by atoms with Gasteiger partial charge in [0.2, 0.25) is 0 Å². The van der Waals surface area contributed by atoms with E-state index < -0.39 is 17.2 Å². The maximum absolute atomic E-state index is 13.0. The van der Waals surface area contributed by atoms with Crippen molar-refractivity contribution in [2.24, 2.45) is 0 Å². The number of amides is 1. The molecule has 0 saturated heterocycles. The molecule has 1 unspecified atom stereocenters. The average molecular weight is 474 g/mol. The quantitative estimate of drug-likeness (QED) is 0.516. The van der Waals surface area contributed by atoms with Gasteiger partial charge in [-0.1, -0.05) is 35.4 Å². The molecule has 3 aromatic rings.